The molecule has 0 aliphatic carbocycles. The van der Waals surface area contributed by atoms with Gasteiger partial charge >= 0.3 is 0 Å². The third kappa shape index (κ3) is 4.08. The molecular formula is C13H22N4O3S. The highest BCUT2D eigenvalue weighted by Crippen LogP contribution is 2.28. The molecule has 0 aliphatic rings. The van der Waals surface area contributed by atoms with E-state index < -0.39 is 10.0 Å². The second-order valence-corrected chi connectivity index (χ2v) is 6.19. The maximum Gasteiger partial charge on any atom is 0.242 e. The van der Waals surface area contributed by atoms with E-state index in [-0.39, 0.29) is 23.0 Å². The third-order valence-electron chi connectivity index (χ3n) is 3.25. The predicted molar refractivity (Wildman–Crippen MR) is 83.4 cm³/mol. The van der Waals surface area contributed by atoms with Crippen molar-refractivity contribution in [2.24, 2.45) is 5.14 Å². The van der Waals surface area contributed by atoms with Crippen LogP contribution in [0, 0.1) is 0 Å². The minimum Gasteiger partial charge on any atom is -0.396 e. The monoisotopic (exact) mass is 314 g/mol. The summed E-state index contributed by atoms with van der Waals surface area (Å²) in [7, 11) is -2.21. The number of amides is 1. The Morgan fingerprint density at radius 3 is 2.29 bits per heavy atom. The zero-order chi connectivity index (χ0) is 16.2. The number of rotatable bonds is 6. The topological polar surface area (TPSA) is 110 Å². The highest BCUT2D eigenvalue weighted by atomic mass is 32.2. The van der Waals surface area contributed by atoms with Gasteiger partial charge in [-0.2, -0.15) is 0 Å². The largest absolute Gasteiger partial charge is 0.396 e. The van der Waals surface area contributed by atoms with E-state index in [2.05, 4.69) is 0 Å². The van der Waals surface area contributed by atoms with Gasteiger partial charge in [0.05, 0.1) is 17.9 Å². The Bertz CT molecular complexity index is 612. The lowest BCUT2D eigenvalue weighted by atomic mass is 10.2. The fourth-order valence-electron chi connectivity index (χ4n) is 2.08. The molecular weight excluding hydrogens is 292 g/mol. The molecule has 0 spiro atoms. The molecule has 4 N–H and O–H groups in total. The number of nitrogen functional groups attached to an aromatic ring is 1. The van der Waals surface area contributed by atoms with Crippen LogP contribution in [-0.2, 0) is 14.8 Å². The molecule has 0 atom stereocenters. The van der Waals surface area contributed by atoms with Gasteiger partial charge in [0.2, 0.25) is 15.9 Å². The summed E-state index contributed by atoms with van der Waals surface area (Å²) >= 11 is 0. The maximum absolute atomic E-state index is 12.1. The minimum atomic E-state index is -3.89. The number of nitrogens with two attached hydrogens (primary N) is 2. The first-order valence-electron chi connectivity index (χ1n) is 6.62. The summed E-state index contributed by atoms with van der Waals surface area (Å²) in [6, 6.07) is 4.54. The van der Waals surface area contributed by atoms with Crippen molar-refractivity contribution in [3.05, 3.63) is 18.2 Å². The number of nitrogens with zero attached hydrogens (tertiary/aromatic N) is 2. The highest BCUT2D eigenvalue weighted by Gasteiger charge is 2.19. The summed E-state index contributed by atoms with van der Waals surface area (Å²) in [5.41, 5.74) is 6.37. The van der Waals surface area contributed by atoms with Crippen LogP contribution in [0.2, 0.25) is 0 Å². The van der Waals surface area contributed by atoms with Gasteiger partial charge in [-0.1, -0.05) is 6.07 Å². The van der Waals surface area contributed by atoms with Gasteiger partial charge in [-0.3, -0.25) is 4.79 Å². The predicted octanol–water partition coefficient (Wildman–Crippen LogP) is 0.221. The van der Waals surface area contributed by atoms with E-state index in [1.165, 1.54) is 6.07 Å². The van der Waals surface area contributed by atoms with Gasteiger partial charge in [0, 0.05) is 20.1 Å². The van der Waals surface area contributed by atoms with E-state index in [1.807, 2.05) is 13.8 Å². The van der Waals surface area contributed by atoms with Crippen molar-refractivity contribution in [1.82, 2.24) is 4.90 Å². The molecule has 0 unspecified atom stereocenters. The molecule has 0 heterocycles. The zero-order valence-electron chi connectivity index (χ0n) is 12.5. The summed E-state index contributed by atoms with van der Waals surface area (Å²) in [4.78, 5) is 15.3. The summed E-state index contributed by atoms with van der Waals surface area (Å²) < 4.78 is 22.9. The zero-order valence-corrected chi connectivity index (χ0v) is 13.4. The van der Waals surface area contributed by atoms with Crippen LogP contribution in [0.4, 0.5) is 11.4 Å². The first-order chi connectivity index (χ1) is 9.72. The molecule has 1 amide bonds. The quantitative estimate of drug-likeness (QED) is 0.730. The number of hydrogen-bond acceptors (Lipinski definition) is 5. The minimum absolute atomic E-state index is 0.0508. The van der Waals surface area contributed by atoms with Crippen LogP contribution < -0.4 is 15.8 Å². The van der Waals surface area contributed by atoms with E-state index in [4.69, 9.17) is 10.9 Å². The molecule has 0 aromatic heterocycles. The average molecular weight is 314 g/mol. The Morgan fingerprint density at radius 1 is 1.24 bits per heavy atom. The molecule has 1 aromatic rings. The Balaban J connectivity index is 3.04. The Kier molecular flexibility index (Phi) is 5.56. The third-order valence-corrected chi connectivity index (χ3v) is 4.22. The summed E-state index contributed by atoms with van der Waals surface area (Å²) in [5.74, 6) is -0.0529. The number of benzene rings is 1. The van der Waals surface area contributed by atoms with Crippen molar-refractivity contribution in [3.63, 3.8) is 0 Å². The van der Waals surface area contributed by atoms with E-state index in [0.29, 0.717) is 18.8 Å². The molecule has 0 bridgehead atoms. The Morgan fingerprint density at radius 2 is 1.81 bits per heavy atom. The molecule has 7 nitrogen and oxygen atoms in total. The van der Waals surface area contributed by atoms with Gasteiger partial charge in [0.15, 0.2) is 0 Å². The first-order valence-corrected chi connectivity index (χ1v) is 8.17. The van der Waals surface area contributed by atoms with Crippen molar-refractivity contribution < 1.29 is 13.2 Å². The van der Waals surface area contributed by atoms with Crippen LogP contribution in [0.25, 0.3) is 0 Å². The SMILES string of the molecule is CCN(CC)C(=O)CN(C)c1cccc(S(N)(=O)=O)c1N. The molecule has 0 aliphatic heterocycles. The average Bonchev–Trinajstić information content (AvgIpc) is 2.38. The van der Waals surface area contributed by atoms with E-state index in [9.17, 15) is 13.2 Å². The normalized spacial score (nSPS) is 11.2. The highest BCUT2D eigenvalue weighted by molar-refractivity contribution is 7.89. The molecule has 1 aromatic carbocycles. The fourth-order valence-corrected chi connectivity index (χ4v) is 2.76. The second kappa shape index (κ2) is 6.77. The van der Waals surface area contributed by atoms with Gasteiger partial charge in [-0.15, -0.1) is 0 Å². The van der Waals surface area contributed by atoms with Crippen LogP contribution in [0.3, 0.4) is 0 Å². The summed E-state index contributed by atoms with van der Waals surface area (Å²) in [5, 5.41) is 5.12. The van der Waals surface area contributed by atoms with Crippen molar-refractivity contribution in [1.29, 1.82) is 0 Å². The lowest BCUT2D eigenvalue weighted by Gasteiger charge is -2.25. The number of sulfonamides is 1. The number of likely N-dealkylation sites (N-methyl/N-ethyl adjacent to an activating group) is 2. The number of hydrogen-bond donors (Lipinski definition) is 2. The molecule has 1 rings (SSSR count). The number of primary sulfonamides is 1. The van der Waals surface area contributed by atoms with E-state index >= 15 is 0 Å². The molecule has 118 valence electrons. The molecule has 0 fully saturated rings. The number of para-hydroxylation sites is 1. The molecule has 21 heavy (non-hydrogen) atoms. The standard InChI is InChI=1S/C13H22N4O3S/c1-4-17(5-2)12(18)9-16(3)10-7-6-8-11(13(10)14)21(15,19)20/h6-8H,4-5,9,14H2,1-3H3,(H2,15,19,20). The smallest absolute Gasteiger partial charge is 0.242 e. The summed E-state index contributed by atoms with van der Waals surface area (Å²) in [6.45, 7) is 5.15. The van der Waals surface area contributed by atoms with Crippen LogP contribution in [0.1, 0.15) is 13.8 Å². The lowest BCUT2D eigenvalue weighted by molar-refractivity contribution is -0.129. The van der Waals surface area contributed by atoms with Crippen LogP contribution in [-0.4, -0.2) is 45.9 Å². The van der Waals surface area contributed by atoms with E-state index in [1.54, 1.807) is 29.0 Å². The first kappa shape index (κ1) is 17.3. The van der Waals surface area contributed by atoms with Gasteiger partial charge in [0.1, 0.15) is 4.90 Å². The van der Waals surface area contributed by atoms with Crippen LogP contribution in [0.5, 0.6) is 0 Å². The second-order valence-electron chi connectivity index (χ2n) is 4.66. The van der Waals surface area contributed by atoms with Gasteiger partial charge in [0.25, 0.3) is 0 Å². The Labute approximate surface area is 125 Å². The maximum atomic E-state index is 12.1. The molecule has 0 saturated heterocycles. The number of carbonyl (C=O) groups is 1. The van der Waals surface area contributed by atoms with Crippen molar-refractivity contribution >= 4 is 27.3 Å². The Hall–Kier alpha value is -1.80. The molecule has 0 saturated carbocycles. The van der Waals surface area contributed by atoms with Crippen LogP contribution in [0.15, 0.2) is 23.1 Å². The summed E-state index contributed by atoms with van der Waals surface area (Å²) in [6.07, 6.45) is 0. The fraction of sp³-hybridized carbons (Fsp3) is 0.462. The van der Waals surface area contributed by atoms with Crippen molar-refractivity contribution in [2.45, 2.75) is 18.7 Å². The molecule has 0 radical (unpaired) electrons. The number of anilines is 2. The number of carbonyl (C=O) groups excluding carboxylic acids is 1. The van der Waals surface area contributed by atoms with Crippen LogP contribution >= 0.6 is 0 Å². The van der Waals surface area contributed by atoms with Crippen molar-refractivity contribution in [3.8, 4) is 0 Å². The van der Waals surface area contributed by atoms with E-state index in [0.717, 1.165) is 0 Å². The van der Waals surface area contributed by atoms with Gasteiger partial charge in [-0.25, -0.2) is 13.6 Å². The van der Waals surface area contributed by atoms with Gasteiger partial charge in [-0.05, 0) is 26.0 Å². The van der Waals surface area contributed by atoms with Crippen molar-refractivity contribution in [2.75, 3.05) is 37.3 Å². The lowest BCUT2D eigenvalue weighted by Crippen LogP contribution is -2.39. The molecule has 8 heteroatoms. The van der Waals surface area contributed by atoms with Gasteiger partial charge < -0.3 is 15.5 Å².